The number of rotatable bonds is 10. The van der Waals surface area contributed by atoms with Gasteiger partial charge in [-0.05, 0) is 48.7 Å². The summed E-state index contributed by atoms with van der Waals surface area (Å²) in [7, 11) is 0. The topological polar surface area (TPSA) is 95.4 Å². The van der Waals surface area contributed by atoms with Crippen molar-refractivity contribution in [2.45, 2.75) is 25.8 Å². The summed E-state index contributed by atoms with van der Waals surface area (Å²) in [4.78, 5) is 34.9. The summed E-state index contributed by atoms with van der Waals surface area (Å²) in [5.74, 6) is -1.17. The van der Waals surface area contributed by atoms with Gasteiger partial charge in [-0.1, -0.05) is 60.5 Å². The number of halogens is 2. The number of aliphatic carboxylic acids is 1. The molecule has 0 fully saturated rings. The van der Waals surface area contributed by atoms with E-state index < -0.39 is 17.9 Å². The summed E-state index contributed by atoms with van der Waals surface area (Å²) in [6.07, 6.45) is 7.94. The van der Waals surface area contributed by atoms with Crippen LogP contribution >= 0.6 is 23.2 Å². The van der Waals surface area contributed by atoms with Crippen molar-refractivity contribution < 1.29 is 14.7 Å². The van der Waals surface area contributed by atoms with Crippen LogP contribution in [0.3, 0.4) is 0 Å². The zero-order chi connectivity index (χ0) is 24.5. The minimum atomic E-state index is -1.16. The summed E-state index contributed by atoms with van der Waals surface area (Å²) in [6, 6.07) is 13.1. The zero-order valence-electron chi connectivity index (χ0n) is 18.5. The number of hydrogen-bond acceptors (Lipinski definition) is 5. The first-order valence-corrected chi connectivity index (χ1v) is 11.4. The van der Waals surface area contributed by atoms with E-state index in [1.54, 1.807) is 36.7 Å². The molecule has 0 saturated carbocycles. The van der Waals surface area contributed by atoms with E-state index in [4.69, 9.17) is 23.2 Å². The highest BCUT2D eigenvalue weighted by Gasteiger charge is 2.22. The molecule has 3 rings (SSSR count). The fourth-order valence-electron chi connectivity index (χ4n) is 3.27. The molecule has 9 heteroatoms. The Kier molecular flexibility index (Phi) is 9.01. The van der Waals surface area contributed by atoms with Crippen LogP contribution in [0.1, 0.15) is 35.7 Å². The Morgan fingerprint density at radius 3 is 2.29 bits per heavy atom. The van der Waals surface area contributed by atoms with E-state index in [0.717, 1.165) is 24.2 Å². The van der Waals surface area contributed by atoms with Gasteiger partial charge in [0.05, 0.1) is 15.6 Å². The lowest BCUT2D eigenvalue weighted by Gasteiger charge is -2.22. The van der Waals surface area contributed by atoms with Crippen molar-refractivity contribution in [3.05, 3.63) is 88.2 Å². The first-order chi connectivity index (χ1) is 16.4. The monoisotopic (exact) mass is 498 g/mol. The molecule has 2 aromatic carbocycles. The maximum Gasteiger partial charge on any atom is 0.326 e. The Bertz CT molecular complexity index is 1130. The van der Waals surface area contributed by atoms with Crippen LogP contribution in [0.4, 0.5) is 11.6 Å². The number of carboxylic acids is 1. The molecular weight excluding hydrogens is 475 g/mol. The number of carbonyl (C=O) groups is 2. The molecule has 176 valence electrons. The van der Waals surface area contributed by atoms with Gasteiger partial charge in [-0.2, -0.15) is 0 Å². The highest BCUT2D eigenvalue weighted by Crippen LogP contribution is 2.25. The molecule has 0 aliphatic heterocycles. The normalized spacial score (nSPS) is 11.9. The molecule has 0 aliphatic carbocycles. The van der Waals surface area contributed by atoms with E-state index in [-0.39, 0.29) is 22.0 Å². The number of benzene rings is 2. The Balaban J connectivity index is 1.67. The molecule has 0 saturated heterocycles. The van der Waals surface area contributed by atoms with Crippen molar-refractivity contribution in [2.24, 2.45) is 0 Å². The second kappa shape index (κ2) is 12.2. The van der Waals surface area contributed by atoms with Crippen LogP contribution in [0.2, 0.25) is 10.0 Å². The summed E-state index contributed by atoms with van der Waals surface area (Å²) in [5, 5.41) is 12.3. The lowest BCUT2D eigenvalue weighted by molar-refractivity contribution is -0.139. The number of nitrogens with one attached hydrogen (secondary N) is 1. The van der Waals surface area contributed by atoms with Gasteiger partial charge in [-0.15, -0.1) is 0 Å². The van der Waals surface area contributed by atoms with E-state index in [1.807, 2.05) is 29.2 Å². The van der Waals surface area contributed by atoms with Gasteiger partial charge < -0.3 is 15.3 Å². The van der Waals surface area contributed by atoms with Crippen molar-refractivity contribution >= 4 is 52.8 Å². The first kappa shape index (κ1) is 25.2. The Morgan fingerprint density at radius 1 is 1.06 bits per heavy atom. The van der Waals surface area contributed by atoms with Crippen molar-refractivity contribution in [3.63, 3.8) is 0 Å². The molecular formula is C25H24Cl2N4O3. The maximum atomic E-state index is 12.5. The molecule has 1 aromatic heterocycles. The summed E-state index contributed by atoms with van der Waals surface area (Å²) < 4.78 is 0. The Morgan fingerprint density at radius 2 is 1.71 bits per heavy atom. The van der Waals surface area contributed by atoms with Crippen LogP contribution < -0.4 is 10.2 Å². The number of carbonyl (C=O) groups excluding carboxylic acids is 1. The van der Waals surface area contributed by atoms with Gasteiger partial charge in [-0.3, -0.25) is 4.79 Å². The zero-order valence-corrected chi connectivity index (χ0v) is 20.0. The number of anilines is 2. The second-order valence-corrected chi connectivity index (χ2v) is 8.21. The number of carboxylic acid groups (broad SMARTS) is 1. The highest BCUT2D eigenvalue weighted by atomic mass is 35.5. The van der Waals surface area contributed by atoms with Crippen molar-refractivity contribution in [1.29, 1.82) is 0 Å². The van der Waals surface area contributed by atoms with Crippen LogP contribution in [0.25, 0.3) is 6.08 Å². The molecule has 7 nitrogen and oxygen atoms in total. The number of hydrogen-bond donors (Lipinski definition) is 2. The van der Waals surface area contributed by atoms with Crippen LogP contribution in [0, 0.1) is 0 Å². The van der Waals surface area contributed by atoms with Gasteiger partial charge >= 0.3 is 5.97 Å². The van der Waals surface area contributed by atoms with Gasteiger partial charge in [0.25, 0.3) is 5.91 Å². The smallest absolute Gasteiger partial charge is 0.326 e. The minimum Gasteiger partial charge on any atom is -0.480 e. The Hall–Kier alpha value is -3.42. The average Bonchev–Trinajstić information content (AvgIpc) is 2.83. The van der Waals surface area contributed by atoms with Crippen LogP contribution in [0.5, 0.6) is 0 Å². The van der Waals surface area contributed by atoms with Gasteiger partial charge in [0, 0.05) is 24.6 Å². The van der Waals surface area contributed by atoms with Gasteiger partial charge in [-0.25, -0.2) is 14.8 Å². The van der Waals surface area contributed by atoms with Gasteiger partial charge in [0.15, 0.2) is 0 Å². The van der Waals surface area contributed by atoms with Gasteiger partial charge in [0.2, 0.25) is 5.95 Å². The summed E-state index contributed by atoms with van der Waals surface area (Å²) >= 11 is 12.1. The van der Waals surface area contributed by atoms with E-state index in [2.05, 4.69) is 22.2 Å². The van der Waals surface area contributed by atoms with Crippen LogP contribution in [-0.4, -0.2) is 39.5 Å². The second-order valence-electron chi connectivity index (χ2n) is 7.39. The molecule has 34 heavy (non-hydrogen) atoms. The van der Waals surface area contributed by atoms with E-state index in [9.17, 15) is 14.7 Å². The van der Waals surface area contributed by atoms with Gasteiger partial charge in [0.1, 0.15) is 6.04 Å². The first-order valence-electron chi connectivity index (χ1n) is 10.7. The molecule has 2 N–H and O–H groups in total. The molecule has 1 atom stereocenters. The molecule has 0 spiro atoms. The Labute approximate surface area is 208 Å². The number of aromatic nitrogens is 2. The van der Waals surface area contributed by atoms with E-state index in [1.165, 1.54) is 12.1 Å². The predicted octanol–water partition coefficient (Wildman–Crippen LogP) is 5.62. The van der Waals surface area contributed by atoms with Crippen molar-refractivity contribution in [3.8, 4) is 0 Å². The largest absolute Gasteiger partial charge is 0.480 e. The SMILES string of the molecule is CCCN(c1ccc(C=CCC(NC(=O)c2c(Cl)cccc2Cl)C(=O)O)cc1)c1ncccn1. The fourth-order valence-corrected chi connectivity index (χ4v) is 3.84. The number of amides is 1. The third-order valence-electron chi connectivity index (χ3n) is 4.92. The quantitative estimate of drug-likeness (QED) is 0.376. The highest BCUT2D eigenvalue weighted by molar-refractivity contribution is 6.39. The standard InChI is InChI=1S/C25H24Cl2N4O3/c1-2-16-31(25-28-14-5-15-29-25)18-12-10-17(11-13-18)6-3-9-21(24(33)34)30-23(32)22-19(26)7-4-8-20(22)27/h3-8,10-15,21H,2,9,16H2,1H3,(H,30,32)(H,33,34). The molecule has 1 unspecified atom stereocenters. The third-order valence-corrected chi connectivity index (χ3v) is 5.55. The minimum absolute atomic E-state index is 0.0516. The molecule has 0 bridgehead atoms. The average molecular weight is 499 g/mol. The number of nitrogens with zero attached hydrogens (tertiary/aromatic N) is 3. The molecule has 1 amide bonds. The lowest BCUT2D eigenvalue weighted by Crippen LogP contribution is -2.40. The summed E-state index contributed by atoms with van der Waals surface area (Å²) in [6.45, 7) is 2.86. The third kappa shape index (κ3) is 6.56. The molecule has 0 radical (unpaired) electrons. The van der Waals surface area contributed by atoms with Crippen LogP contribution in [-0.2, 0) is 4.79 Å². The molecule has 1 heterocycles. The molecule has 3 aromatic rings. The van der Waals surface area contributed by atoms with E-state index >= 15 is 0 Å². The summed E-state index contributed by atoms with van der Waals surface area (Å²) in [5.41, 5.74) is 1.90. The van der Waals surface area contributed by atoms with Crippen molar-refractivity contribution in [1.82, 2.24) is 15.3 Å². The predicted molar refractivity (Wildman–Crippen MR) is 135 cm³/mol. The molecule has 0 aliphatic rings. The van der Waals surface area contributed by atoms with Crippen LogP contribution in [0.15, 0.2) is 67.0 Å². The lowest BCUT2D eigenvalue weighted by atomic mass is 10.1. The van der Waals surface area contributed by atoms with Crippen molar-refractivity contribution in [2.75, 3.05) is 11.4 Å². The van der Waals surface area contributed by atoms with E-state index in [0.29, 0.717) is 5.95 Å². The fraction of sp³-hybridized carbons (Fsp3) is 0.200. The maximum absolute atomic E-state index is 12.5.